The lowest BCUT2D eigenvalue weighted by Crippen LogP contribution is -2.28. The van der Waals surface area contributed by atoms with Gasteiger partial charge in [-0.15, -0.1) is 0 Å². The molecule has 0 bridgehead atoms. The number of nitrogens with two attached hydrogens (primary N) is 1. The third-order valence-corrected chi connectivity index (χ3v) is 3.37. The molecule has 0 aliphatic rings. The van der Waals surface area contributed by atoms with Crippen LogP contribution in [-0.4, -0.2) is 32.3 Å². The Labute approximate surface area is 105 Å². The minimum atomic E-state index is 0.589. The predicted molar refractivity (Wildman–Crippen MR) is 72.6 cm³/mol. The van der Waals surface area contributed by atoms with Gasteiger partial charge in [-0.1, -0.05) is 6.07 Å². The van der Waals surface area contributed by atoms with Crippen LogP contribution >= 0.6 is 0 Å². The molecular weight excluding hydrogens is 212 g/mol. The molecule has 0 unspecified atom stereocenters. The van der Waals surface area contributed by atoms with Crippen molar-refractivity contribution in [2.45, 2.75) is 27.2 Å². The summed E-state index contributed by atoms with van der Waals surface area (Å²) in [7, 11) is 3.78. The van der Waals surface area contributed by atoms with Gasteiger partial charge < -0.3 is 10.5 Å². The first-order valence-corrected chi connectivity index (χ1v) is 6.03. The van der Waals surface area contributed by atoms with E-state index >= 15 is 0 Å². The van der Waals surface area contributed by atoms with E-state index in [1.54, 1.807) is 7.11 Å². The second-order valence-corrected chi connectivity index (χ2v) is 4.66. The Morgan fingerprint density at radius 1 is 1.24 bits per heavy atom. The molecule has 0 heterocycles. The summed E-state index contributed by atoms with van der Waals surface area (Å²) in [5.41, 5.74) is 10.7. The van der Waals surface area contributed by atoms with Gasteiger partial charge in [-0.05, 0) is 56.5 Å². The number of benzene rings is 1. The summed E-state index contributed by atoms with van der Waals surface area (Å²) in [6, 6.07) is 2.23. The zero-order valence-electron chi connectivity index (χ0n) is 11.6. The summed E-state index contributed by atoms with van der Waals surface area (Å²) in [6.45, 7) is 7.93. The fourth-order valence-electron chi connectivity index (χ4n) is 2.09. The number of hydrogen-bond acceptors (Lipinski definition) is 3. The number of nitrogens with zero attached hydrogens (tertiary/aromatic N) is 1. The molecule has 0 saturated carbocycles. The van der Waals surface area contributed by atoms with Gasteiger partial charge in [0.05, 0.1) is 7.11 Å². The van der Waals surface area contributed by atoms with Crippen LogP contribution in [-0.2, 0) is 6.42 Å². The smallest absolute Gasteiger partial charge is 0.125 e. The summed E-state index contributed by atoms with van der Waals surface area (Å²) in [4.78, 5) is 2.11. The van der Waals surface area contributed by atoms with Crippen LogP contribution in [0.3, 0.4) is 0 Å². The molecule has 0 saturated heterocycles. The summed E-state index contributed by atoms with van der Waals surface area (Å²) >= 11 is 0. The van der Waals surface area contributed by atoms with E-state index in [0.29, 0.717) is 6.67 Å². The predicted octanol–water partition coefficient (Wildman–Crippen LogP) is 2.01. The van der Waals surface area contributed by atoms with Crippen LogP contribution in [0.25, 0.3) is 0 Å². The molecule has 0 radical (unpaired) electrons. The average molecular weight is 236 g/mol. The lowest BCUT2D eigenvalue weighted by atomic mass is 9.97. The summed E-state index contributed by atoms with van der Waals surface area (Å²) in [5, 5.41) is 0. The molecule has 0 aliphatic carbocycles. The lowest BCUT2D eigenvalue weighted by molar-refractivity contribution is 0.344. The van der Waals surface area contributed by atoms with Crippen molar-refractivity contribution < 1.29 is 4.74 Å². The minimum Gasteiger partial charge on any atom is -0.496 e. The largest absolute Gasteiger partial charge is 0.496 e. The maximum Gasteiger partial charge on any atom is 0.125 e. The summed E-state index contributed by atoms with van der Waals surface area (Å²) < 4.78 is 5.55. The Bertz CT molecular complexity index is 388. The number of methoxy groups -OCH3 is 1. The van der Waals surface area contributed by atoms with Crippen molar-refractivity contribution in [3.8, 4) is 5.75 Å². The van der Waals surface area contributed by atoms with Crippen molar-refractivity contribution in [2.24, 2.45) is 5.73 Å². The number of aryl methyl sites for hydroxylation is 2. The average Bonchev–Trinajstić information content (AvgIpc) is 2.31. The normalized spacial score (nSPS) is 11.0. The van der Waals surface area contributed by atoms with Crippen molar-refractivity contribution in [3.05, 3.63) is 28.3 Å². The van der Waals surface area contributed by atoms with Gasteiger partial charge in [0.25, 0.3) is 0 Å². The third kappa shape index (κ3) is 3.20. The third-order valence-electron chi connectivity index (χ3n) is 3.37. The molecule has 3 nitrogen and oxygen atoms in total. The Hall–Kier alpha value is -1.06. The second-order valence-electron chi connectivity index (χ2n) is 4.66. The van der Waals surface area contributed by atoms with Gasteiger partial charge in [0.1, 0.15) is 5.75 Å². The molecule has 0 amide bonds. The van der Waals surface area contributed by atoms with Gasteiger partial charge in [-0.3, -0.25) is 4.90 Å². The van der Waals surface area contributed by atoms with E-state index in [0.717, 1.165) is 18.7 Å². The van der Waals surface area contributed by atoms with Gasteiger partial charge in [-0.25, -0.2) is 0 Å². The van der Waals surface area contributed by atoms with E-state index in [9.17, 15) is 0 Å². The Balaban J connectivity index is 3.01. The first-order chi connectivity index (χ1) is 8.01. The highest BCUT2D eigenvalue weighted by atomic mass is 16.5. The van der Waals surface area contributed by atoms with Crippen LogP contribution in [0.4, 0.5) is 0 Å². The molecule has 3 heteroatoms. The van der Waals surface area contributed by atoms with Crippen LogP contribution < -0.4 is 10.5 Å². The van der Waals surface area contributed by atoms with Gasteiger partial charge in [0, 0.05) is 13.2 Å². The highest BCUT2D eigenvalue weighted by Crippen LogP contribution is 2.29. The SMILES string of the molecule is COc1c(C)c(C)cc(C)c1CCN(C)CN. The van der Waals surface area contributed by atoms with Crippen LogP contribution in [0.15, 0.2) is 6.07 Å². The molecular formula is C14H24N2O. The van der Waals surface area contributed by atoms with Crippen molar-refractivity contribution in [2.75, 3.05) is 27.4 Å². The van der Waals surface area contributed by atoms with E-state index in [-0.39, 0.29) is 0 Å². The fourth-order valence-corrected chi connectivity index (χ4v) is 2.09. The maximum atomic E-state index is 5.59. The Morgan fingerprint density at radius 3 is 2.41 bits per heavy atom. The fraction of sp³-hybridized carbons (Fsp3) is 0.571. The molecule has 17 heavy (non-hydrogen) atoms. The highest BCUT2D eigenvalue weighted by Gasteiger charge is 2.12. The second kappa shape index (κ2) is 6.03. The first-order valence-electron chi connectivity index (χ1n) is 6.03. The number of likely N-dealkylation sites (N-methyl/N-ethyl adjacent to an activating group) is 1. The van der Waals surface area contributed by atoms with Crippen molar-refractivity contribution in [3.63, 3.8) is 0 Å². The molecule has 96 valence electrons. The molecule has 0 spiro atoms. The molecule has 0 aliphatic heterocycles. The van der Waals surface area contributed by atoms with E-state index < -0.39 is 0 Å². The van der Waals surface area contributed by atoms with E-state index in [1.165, 1.54) is 22.3 Å². The Kier molecular flexibility index (Phi) is 4.97. The minimum absolute atomic E-state index is 0.589. The first kappa shape index (κ1) is 14.0. The number of ether oxygens (including phenoxy) is 1. The zero-order valence-corrected chi connectivity index (χ0v) is 11.6. The standard InChI is InChI=1S/C14H24N2O/c1-10-8-11(2)13(6-7-16(4)9-15)14(17-5)12(10)3/h8H,6-7,9,15H2,1-5H3. The van der Waals surface area contributed by atoms with Crippen molar-refractivity contribution in [1.29, 1.82) is 0 Å². The maximum absolute atomic E-state index is 5.59. The van der Waals surface area contributed by atoms with E-state index in [4.69, 9.17) is 10.5 Å². The molecule has 2 N–H and O–H groups in total. The monoisotopic (exact) mass is 236 g/mol. The Morgan fingerprint density at radius 2 is 1.88 bits per heavy atom. The summed E-state index contributed by atoms with van der Waals surface area (Å²) in [6.07, 6.45) is 0.976. The van der Waals surface area contributed by atoms with Gasteiger partial charge in [-0.2, -0.15) is 0 Å². The van der Waals surface area contributed by atoms with Gasteiger partial charge in [0.2, 0.25) is 0 Å². The highest BCUT2D eigenvalue weighted by molar-refractivity contribution is 5.49. The molecule has 1 rings (SSSR count). The molecule has 1 aromatic rings. The van der Waals surface area contributed by atoms with Crippen LogP contribution in [0.1, 0.15) is 22.3 Å². The molecule has 0 atom stereocenters. The summed E-state index contributed by atoms with van der Waals surface area (Å²) in [5.74, 6) is 1.04. The van der Waals surface area contributed by atoms with Crippen molar-refractivity contribution in [1.82, 2.24) is 4.90 Å². The quantitative estimate of drug-likeness (QED) is 0.795. The topological polar surface area (TPSA) is 38.5 Å². The van der Waals surface area contributed by atoms with Crippen LogP contribution in [0.5, 0.6) is 5.75 Å². The van der Waals surface area contributed by atoms with Crippen LogP contribution in [0.2, 0.25) is 0 Å². The number of rotatable bonds is 5. The lowest BCUT2D eigenvalue weighted by Gasteiger charge is -2.19. The molecule has 0 aromatic heterocycles. The van der Waals surface area contributed by atoms with Crippen molar-refractivity contribution >= 4 is 0 Å². The van der Waals surface area contributed by atoms with Gasteiger partial charge in [0.15, 0.2) is 0 Å². The number of hydrogen-bond donors (Lipinski definition) is 1. The molecule has 1 aromatic carbocycles. The molecule has 0 fully saturated rings. The zero-order chi connectivity index (χ0) is 13.0. The van der Waals surface area contributed by atoms with Crippen LogP contribution in [0, 0.1) is 20.8 Å². The van der Waals surface area contributed by atoms with Gasteiger partial charge >= 0.3 is 0 Å². The van der Waals surface area contributed by atoms with E-state index in [1.807, 2.05) is 7.05 Å². The van der Waals surface area contributed by atoms with E-state index in [2.05, 4.69) is 31.7 Å².